The molecule has 0 aliphatic heterocycles. The first-order valence-corrected chi connectivity index (χ1v) is 4.30. The largest absolute Gasteiger partial charge is 0.350 e. The third-order valence-corrected chi connectivity index (χ3v) is 2.35. The van der Waals surface area contributed by atoms with Crippen LogP contribution >= 0.6 is 11.6 Å². The molecule has 1 heterocycles. The number of carbonyl (C=O) groups is 1. The first-order chi connectivity index (χ1) is 6.22. The van der Waals surface area contributed by atoms with Crippen LogP contribution in [0.25, 0.3) is 10.9 Å². The summed E-state index contributed by atoms with van der Waals surface area (Å²) in [5.41, 5.74) is 1.68. The number of aldehydes is 1. The van der Waals surface area contributed by atoms with Crippen molar-refractivity contribution in [1.82, 2.24) is 4.57 Å². The van der Waals surface area contributed by atoms with E-state index in [1.54, 1.807) is 12.3 Å². The highest BCUT2D eigenvalue weighted by atomic mass is 35.5. The van der Waals surface area contributed by atoms with Gasteiger partial charge in [-0.2, -0.15) is 0 Å². The van der Waals surface area contributed by atoms with Crippen LogP contribution < -0.4 is 0 Å². The molecule has 66 valence electrons. The Balaban J connectivity index is 2.88. The Morgan fingerprint density at radius 1 is 1.46 bits per heavy atom. The highest BCUT2D eigenvalue weighted by Gasteiger charge is 2.04. The van der Waals surface area contributed by atoms with Crippen LogP contribution in [0.15, 0.2) is 24.4 Å². The van der Waals surface area contributed by atoms with Crippen molar-refractivity contribution in [3.05, 3.63) is 35.0 Å². The van der Waals surface area contributed by atoms with Crippen LogP contribution in [0.1, 0.15) is 10.4 Å². The summed E-state index contributed by atoms with van der Waals surface area (Å²) < 4.78 is 1.89. The Kier molecular flexibility index (Phi) is 1.85. The zero-order chi connectivity index (χ0) is 9.42. The third-order valence-electron chi connectivity index (χ3n) is 2.11. The topological polar surface area (TPSA) is 22.0 Å². The van der Waals surface area contributed by atoms with Crippen LogP contribution in [0.4, 0.5) is 0 Å². The number of nitrogens with zero attached hydrogens (tertiary/aromatic N) is 1. The number of fused-ring (bicyclic) bond motifs is 1. The van der Waals surface area contributed by atoms with E-state index in [2.05, 4.69) is 0 Å². The molecular weight excluding hydrogens is 186 g/mol. The molecule has 2 nitrogen and oxygen atoms in total. The molecule has 0 saturated heterocycles. The Labute approximate surface area is 80.7 Å². The van der Waals surface area contributed by atoms with Gasteiger partial charge in [-0.15, -0.1) is 0 Å². The van der Waals surface area contributed by atoms with E-state index in [4.69, 9.17) is 11.6 Å². The van der Waals surface area contributed by atoms with Crippen LogP contribution in [-0.4, -0.2) is 10.9 Å². The minimum atomic E-state index is 0.686. The number of hydrogen-bond acceptors (Lipinski definition) is 1. The minimum absolute atomic E-state index is 0.686. The lowest BCUT2D eigenvalue weighted by atomic mass is 10.2. The van der Waals surface area contributed by atoms with Crippen LogP contribution in [0, 0.1) is 0 Å². The van der Waals surface area contributed by atoms with E-state index in [0.29, 0.717) is 10.6 Å². The number of aromatic nitrogens is 1. The summed E-state index contributed by atoms with van der Waals surface area (Å²) in [4.78, 5) is 10.7. The summed E-state index contributed by atoms with van der Waals surface area (Å²) in [6.45, 7) is 0. The van der Waals surface area contributed by atoms with Crippen molar-refractivity contribution in [2.45, 2.75) is 0 Å². The summed E-state index contributed by atoms with van der Waals surface area (Å²) in [6, 6.07) is 5.50. The van der Waals surface area contributed by atoms with E-state index in [9.17, 15) is 4.79 Å². The average Bonchev–Trinajstić information content (AvgIpc) is 2.43. The lowest BCUT2D eigenvalue weighted by Crippen LogP contribution is -1.82. The van der Waals surface area contributed by atoms with Gasteiger partial charge in [0.1, 0.15) is 0 Å². The molecule has 3 heteroatoms. The second-order valence-electron chi connectivity index (χ2n) is 2.97. The number of carbonyl (C=O) groups excluding carboxylic acids is 1. The van der Waals surface area contributed by atoms with Crippen LogP contribution in [-0.2, 0) is 7.05 Å². The van der Waals surface area contributed by atoms with Gasteiger partial charge in [0.05, 0.1) is 0 Å². The molecule has 0 aliphatic rings. The van der Waals surface area contributed by atoms with Gasteiger partial charge >= 0.3 is 0 Å². The zero-order valence-corrected chi connectivity index (χ0v) is 7.88. The molecule has 1 aromatic carbocycles. The van der Waals surface area contributed by atoms with Crippen molar-refractivity contribution in [3.8, 4) is 0 Å². The monoisotopic (exact) mass is 193 g/mol. The van der Waals surface area contributed by atoms with Crippen LogP contribution in [0.3, 0.4) is 0 Å². The van der Waals surface area contributed by atoms with E-state index in [-0.39, 0.29) is 0 Å². The Hall–Kier alpha value is -1.28. The van der Waals surface area contributed by atoms with Gasteiger partial charge in [0.25, 0.3) is 0 Å². The van der Waals surface area contributed by atoms with Gasteiger partial charge in [-0.05, 0) is 12.1 Å². The van der Waals surface area contributed by atoms with E-state index in [1.165, 1.54) is 0 Å². The Morgan fingerprint density at radius 3 is 2.92 bits per heavy atom. The molecule has 0 amide bonds. The Bertz CT molecular complexity index is 473. The third kappa shape index (κ3) is 1.23. The van der Waals surface area contributed by atoms with Gasteiger partial charge in [-0.3, -0.25) is 4.79 Å². The number of rotatable bonds is 1. The predicted octanol–water partition coefficient (Wildman–Crippen LogP) is 2.64. The fourth-order valence-corrected chi connectivity index (χ4v) is 1.65. The maximum Gasteiger partial charge on any atom is 0.152 e. The maximum absolute atomic E-state index is 10.7. The maximum atomic E-state index is 10.7. The van der Waals surface area contributed by atoms with Gasteiger partial charge in [-0.25, -0.2) is 0 Å². The standard InChI is InChI=1S/C10H8ClNO/c1-12-5-7(6-13)9-3-2-8(11)4-10(9)12/h2-6H,1H3. The van der Waals surface area contributed by atoms with E-state index in [0.717, 1.165) is 17.2 Å². The van der Waals surface area contributed by atoms with Crippen molar-refractivity contribution >= 4 is 28.8 Å². The smallest absolute Gasteiger partial charge is 0.152 e. The first-order valence-electron chi connectivity index (χ1n) is 3.92. The van der Waals surface area contributed by atoms with E-state index >= 15 is 0 Å². The molecule has 0 atom stereocenters. The molecule has 0 bridgehead atoms. The summed E-state index contributed by atoms with van der Waals surface area (Å²) in [5.74, 6) is 0. The second-order valence-corrected chi connectivity index (χ2v) is 3.41. The molecule has 0 radical (unpaired) electrons. The molecule has 2 rings (SSSR count). The van der Waals surface area contributed by atoms with Crippen molar-refractivity contribution in [2.75, 3.05) is 0 Å². The highest BCUT2D eigenvalue weighted by Crippen LogP contribution is 2.22. The van der Waals surface area contributed by atoms with Gasteiger partial charge in [0.15, 0.2) is 6.29 Å². The molecule has 0 aliphatic carbocycles. The molecule has 13 heavy (non-hydrogen) atoms. The first kappa shape index (κ1) is 8.32. The van der Waals surface area contributed by atoms with Crippen LogP contribution in [0.5, 0.6) is 0 Å². The molecule has 0 unspecified atom stereocenters. The van der Waals surface area contributed by atoms with Crippen molar-refractivity contribution in [1.29, 1.82) is 0 Å². The SMILES string of the molecule is Cn1cc(C=O)c2ccc(Cl)cc21. The summed E-state index contributed by atoms with van der Waals surface area (Å²) in [6.07, 6.45) is 2.66. The van der Waals surface area contributed by atoms with Gasteiger partial charge < -0.3 is 4.57 Å². The fourth-order valence-electron chi connectivity index (χ4n) is 1.48. The lowest BCUT2D eigenvalue weighted by molar-refractivity contribution is 0.112. The molecule has 0 N–H and O–H groups in total. The minimum Gasteiger partial charge on any atom is -0.350 e. The van der Waals surface area contributed by atoms with E-state index in [1.807, 2.05) is 23.7 Å². The van der Waals surface area contributed by atoms with Gasteiger partial charge in [0, 0.05) is 34.7 Å². The van der Waals surface area contributed by atoms with Crippen molar-refractivity contribution in [3.63, 3.8) is 0 Å². The van der Waals surface area contributed by atoms with Crippen molar-refractivity contribution < 1.29 is 4.79 Å². The number of aryl methyl sites for hydroxylation is 1. The molecular formula is C10H8ClNO. The summed E-state index contributed by atoms with van der Waals surface area (Å²) >= 11 is 5.84. The quantitative estimate of drug-likeness (QED) is 0.639. The van der Waals surface area contributed by atoms with Gasteiger partial charge in [-0.1, -0.05) is 17.7 Å². The summed E-state index contributed by atoms with van der Waals surface area (Å²) in [7, 11) is 1.89. The molecule has 0 fully saturated rings. The summed E-state index contributed by atoms with van der Waals surface area (Å²) in [5, 5.41) is 1.63. The molecule has 2 aromatic rings. The molecule has 1 aromatic heterocycles. The zero-order valence-electron chi connectivity index (χ0n) is 7.12. The lowest BCUT2D eigenvalue weighted by Gasteiger charge is -1.95. The van der Waals surface area contributed by atoms with E-state index < -0.39 is 0 Å². The predicted molar refractivity (Wildman–Crippen MR) is 53.3 cm³/mol. The number of hydrogen-bond donors (Lipinski definition) is 0. The Morgan fingerprint density at radius 2 is 2.23 bits per heavy atom. The number of benzene rings is 1. The molecule has 0 saturated carbocycles. The van der Waals surface area contributed by atoms with Crippen LogP contribution in [0.2, 0.25) is 5.02 Å². The number of halogens is 1. The normalized spacial score (nSPS) is 10.6. The van der Waals surface area contributed by atoms with Gasteiger partial charge in [0.2, 0.25) is 0 Å². The fraction of sp³-hybridized carbons (Fsp3) is 0.100. The second kappa shape index (κ2) is 2.89. The average molecular weight is 194 g/mol. The molecule has 0 spiro atoms. The highest BCUT2D eigenvalue weighted by molar-refractivity contribution is 6.31. The van der Waals surface area contributed by atoms with Crippen molar-refractivity contribution in [2.24, 2.45) is 7.05 Å².